The molecule has 2 saturated carbocycles. The van der Waals surface area contributed by atoms with Crippen LogP contribution in [0.15, 0.2) is 18.2 Å². The third-order valence-electron chi connectivity index (χ3n) is 7.40. The molecule has 0 bridgehead atoms. The Kier molecular flexibility index (Phi) is 4.58. The van der Waals surface area contributed by atoms with E-state index in [2.05, 4.69) is 13.0 Å². The number of carbonyl (C=O) groups excluding carboxylic acids is 1. The van der Waals surface area contributed by atoms with Gasteiger partial charge in [-0.25, -0.2) is 5.90 Å². The predicted octanol–water partition coefficient (Wildman–Crippen LogP) is 3.26. The molecule has 0 amide bonds. The average molecular weight is 359 g/mol. The molecular weight excluding hydrogens is 330 g/mol. The minimum Gasteiger partial charge on any atom is -0.427 e. The number of benzene rings is 1. The maximum absolute atomic E-state index is 11.3. The Morgan fingerprint density at radius 1 is 1.31 bits per heavy atom. The van der Waals surface area contributed by atoms with Gasteiger partial charge < -0.3 is 14.7 Å². The van der Waals surface area contributed by atoms with E-state index < -0.39 is 0 Å². The zero-order chi connectivity index (χ0) is 18.5. The molecule has 3 aliphatic carbocycles. The Hall–Kier alpha value is -1.43. The Balaban J connectivity index is 1.71. The summed E-state index contributed by atoms with van der Waals surface area (Å²) in [4.78, 5) is 16.4. The van der Waals surface area contributed by atoms with Gasteiger partial charge in [0.05, 0.1) is 12.7 Å². The molecule has 142 valence electrons. The summed E-state index contributed by atoms with van der Waals surface area (Å²) < 4.78 is 5.30. The summed E-state index contributed by atoms with van der Waals surface area (Å²) >= 11 is 0. The fraction of sp³-hybridized carbons (Fsp3) is 0.667. The number of hydrogen-bond acceptors (Lipinski definition) is 5. The fourth-order valence-electron chi connectivity index (χ4n) is 6.18. The van der Waals surface area contributed by atoms with E-state index in [4.69, 9.17) is 15.5 Å². The summed E-state index contributed by atoms with van der Waals surface area (Å²) in [7, 11) is 0. The first-order chi connectivity index (χ1) is 12.4. The van der Waals surface area contributed by atoms with Gasteiger partial charge in [-0.3, -0.25) is 4.79 Å². The zero-order valence-electron chi connectivity index (χ0n) is 15.6. The number of hydrogen-bond donors (Lipinski definition) is 2. The maximum Gasteiger partial charge on any atom is 0.308 e. The van der Waals surface area contributed by atoms with Crippen LogP contribution >= 0.6 is 0 Å². The molecule has 6 atom stereocenters. The molecule has 0 aliphatic heterocycles. The normalized spacial score (nSPS) is 38.2. The number of fused-ring (bicyclic) bond motifs is 5. The van der Waals surface area contributed by atoms with Crippen molar-refractivity contribution in [3.05, 3.63) is 29.3 Å². The van der Waals surface area contributed by atoms with E-state index in [1.165, 1.54) is 18.1 Å². The molecule has 3 aliphatic rings. The summed E-state index contributed by atoms with van der Waals surface area (Å²) in [6.45, 7) is 4.16. The molecule has 0 heterocycles. The van der Waals surface area contributed by atoms with Crippen LogP contribution < -0.4 is 10.6 Å². The van der Waals surface area contributed by atoms with Crippen molar-refractivity contribution in [2.24, 2.45) is 23.1 Å². The zero-order valence-corrected chi connectivity index (χ0v) is 15.6. The SMILES string of the molecule is CC(=O)Oc1ccc2c(c1)[C@H](CON)C[C@@H]1C2CC[C@]2(C)C(O)CCC12. The molecule has 1 aromatic carbocycles. The number of esters is 1. The van der Waals surface area contributed by atoms with Gasteiger partial charge in [0, 0.05) is 12.8 Å². The molecule has 2 fully saturated rings. The lowest BCUT2D eigenvalue weighted by Gasteiger charge is -2.51. The van der Waals surface area contributed by atoms with Crippen molar-refractivity contribution in [1.82, 2.24) is 0 Å². The summed E-state index contributed by atoms with van der Waals surface area (Å²) in [6.07, 6.45) is 5.04. The standard InChI is InChI=1S/C21H29NO4/c1-12(23)26-14-3-4-15-16-7-8-21(2)19(5-6-20(21)24)18(16)9-13(11-25-22)17(15)10-14/h3-4,10,13,16,18-20,24H,5-9,11,22H2,1-2H3/t13-,16?,18+,19?,20?,21-/m0/s1. The molecule has 3 N–H and O–H groups in total. The van der Waals surface area contributed by atoms with Crippen LogP contribution in [-0.4, -0.2) is 23.8 Å². The predicted molar refractivity (Wildman–Crippen MR) is 97.6 cm³/mol. The summed E-state index contributed by atoms with van der Waals surface area (Å²) in [5.74, 6) is 7.53. The van der Waals surface area contributed by atoms with E-state index in [1.54, 1.807) is 0 Å². The van der Waals surface area contributed by atoms with Gasteiger partial charge in [-0.2, -0.15) is 0 Å². The Morgan fingerprint density at radius 2 is 2.12 bits per heavy atom. The van der Waals surface area contributed by atoms with Crippen molar-refractivity contribution >= 4 is 5.97 Å². The molecule has 26 heavy (non-hydrogen) atoms. The smallest absolute Gasteiger partial charge is 0.308 e. The summed E-state index contributed by atoms with van der Waals surface area (Å²) in [5.41, 5.74) is 2.60. The van der Waals surface area contributed by atoms with Crippen LogP contribution in [0.5, 0.6) is 5.75 Å². The highest BCUT2D eigenvalue weighted by atomic mass is 16.6. The van der Waals surface area contributed by atoms with Crippen LogP contribution in [0, 0.1) is 17.3 Å². The van der Waals surface area contributed by atoms with Gasteiger partial charge in [0.25, 0.3) is 0 Å². The van der Waals surface area contributed by atoms with Crippen LogP contribution in [0.4, 0.5) is 0 Å². The first-order valence-electron chi connectivity index (χ1n) is 9.76. The second kappa shape index (κ2) is 6.63. The van der Waals surface area contributed by atoms with Gasteiger partial charge in [-0.15, -0.1) is 0 Å². The lowest BCUT2D eigenvalue weighted by atomic mass is 9.54. The number of aliphatic hydroxyl groups is 1. The van der Waals surface area contributed by atoms with E-state index in [0.29, 0.717) is 30.1 Å². The highest BCUT2D eigenvalue weighted by molar-refractivity contribution is 5.69. The van der Waals surface area contributed by atoms with E-state index in [9.17, 15) is 9.90 Å². The van der Waals surface area contributed by atoms with E-state index in [-0.39, 0.29) is 23.4 Å². The monoisotopic (exact) mass is 359 g/mol. The third kappa shape index (κ3) is 2.77. The van der Waals surface area contributed by atoms with Crippen LogP contribution in [0.25, 0.3) is 0 Å². The first kappa shape index (κ1) is 18.0. The van der Waals surface area contributed by atoms with Crippen molar-refractivity contribution in [3.63, 3.8) is 0 Å². The molecule has 0 spiro atoms. The highest BCUT2D eigenvalue weighted by Gasteiger charge is 2.55. The van der Waals surface area contributed by atoms with Gasteiger partial charge in [-0.1, -0.05) is 13.0 Å². The highest BCUT2D eigenvalue weighted by Crippen LogP contribution is 2.62. The average Bonchev–Trinajstić information content (AvgIpc) is 2.90. The van der Waals surface area contributed by atoms with Crippen molar-refractivity contribution in [2.45, 2.75) is 63.9 Å². The number of nitrogens with two attached hydrogens (primary N) is 1. The van der Waals surface area contributed by atoms with Crippen molar-refractivity contribution in [1.29, 1.82) is 0 Å². The number of ether oxygens (including phenoxy) is 1. The van der Waals surface area contributed by atoms with Gasteiger partial charge in [0.15, 0.2) is 0 Å². The van der Waals surface area contributed by atoms with Gasteiger partial charge >= 0.3 is 5.97 Å². The largest absolute Gasteiger partial charge is 0.427 e. The Labute approximate surface area is 154 Å². The van der Waals surface area contributed by atoms with E-state index >= 15 is 0 Å². The lowest BCUT2D eigenvalue weighted by Crippen LogP contribution is -2.44. The number of carbonyl (C=O) groups is 1. The Bertz CT molecular complexity index is 705. The summed E-state index contributed by atoms with van der Waals surface area (Å²) in [5, 5.41) is 10.6. The molecule has 0 aromatic heterocycles. The molecule has 4 rings (SSSR count). The topological polar surface area (TPSA) is 81.8 Å². The Morgan fingerprint density at radius 3 is 2.85 bits per heavy atom. The van der Waals surface area contributed by atoms with Crippen LogP contribution in [0.1, 0.15) is 68.9 Å². The molecule has 3 unspecified atom stereocenters. The molecule has 1 aromatic rings. The van der Waals surface area contributed by atoms with Crippen LogP contribution in [0.2, 0.25) is 0 Å². The number of aliphatic hydroxyl groups excluding tert-OH is 1. The first-order valence-corrected chi connectivity index (χ1v) is 9.76. The van der Waals surface area contributed by atoms with E-state index in [1.807, 2.05) is 12.1 Å². The van der Waals surface area contributed by atoms with Gasteiger partial charge in [-0.05, 0) is 78.5 Å². The quantitative estimate of drug-likeness (QED) is 0.492. The maximum atomic E-state index is 11.3. The van der Waals surface area contributed by atoms with E-state index in [0.717, 1.165) is 32.1 Å². The van der Waals surface area contributed by atoms with Crippen molar-refractivity contribution in [2.75, 3.05) is 6.61 Å². The minimum absolute atomic E-state index is 0.0461. The molecular formula is C21H29NO4. The van der Waals surface area contributed by atoms with Crippen LogP contribution in [-0.2, 0) is 9.63 Å². The number of rotatable bonds is 3. The van der Waals surface area contributed by atoms with Crippen molar-refractivity contribution < 1.29 is 19.5 Å². The van der Waals surface area contributed by atoms with Crippen LogP contribution in [0.3, 0.4) is 0 Å². The molecule has 0 saturated heterocycles. The molecule has 0 radical (unpaired) electrons. The second-order valence-electron chi connectivity index (χ2n) is 8.66. The lowest BCUT2D eigenvalue weighted by molar-refractivity contribution is -0.131. The van der Waals surface area contributed by atoms with Gasteiger partial charge in [0.1, 0.15) is 5.75 Å². The molecule has 5 nitrogen and oxygen atoms in total. The fourth-order valence-corrected chi connectivity index (χ4v) is 6.18. The third-order valence-corrected chi connectivity index (χ3v) is 7.40. The van der Waals surface area contributed by atoms with Crippen molar-refractivity contribution in [3.8, 4) is 5.75 Å². The molecule has 5 heteroatoms. The van der Waals surface area contributed by atoms with Gasteiger partial charge in [0.2, 0.25) is 0 Å². The summed E-state index contributed by atoms with van der Waals surface area (Å²) in [6, 6.07) is 6.02. The minimum atomic E-state index is -0.307. The second-order valence-corrected chi connectivity index (χ2v) is 8.66.